The summed E-state index contributed by atoms with van der Waals surface area (Å²) < 4.78 is 1.03. The molecule has 1 aromatic carbocycles. The molecule has 1 unspecified atom stereocenters. The monoisotopic (exact) mass is 329 g/mol. The first-order valence-corrected chi connectivity index (χ1v) is 7.45. The van der Waals surface area contributed by atoms with Gasteiger partial charge in [-0.25, -0.2) is 0 Å². The molecule has 0 saturated carbocycles. The quantitative estimate of drug-likeness (QED) is 0.856. The number of halogens is 2. The van der Waals surface area contributed by atoms with E-state index in [0.717, 1.165) is 27.9 Å². The summed E-state index contributed by atoms with van der Waals surface area (Å²) in [6.07, 6.45) is 1.94. The van der Waals surface area contributed by atoms with Crippen molar-refractivity contribution < 1.29 is 0 Å². The second-order valence-electron chi connectivity index (χ2n) is 3.89. The van der Waals surface area contributed by atoms with Crippen LogP contribution in [-0.4, -0.2) is 0 Å². The summed E-state index contributed by atoms with van der Waals surface area (Å²) in [5.74, 6) is 0. The molecular weight excluding hydrogens is 318 g/mol. The maximum Gasteiger partial charge on any atom is 0.0410 e. The third-order valence-electron chi connectivity index (χ3n) is 2.64. The number of aryl methyl sites for hydroxylation is 1. The van der Waals surface area contributed by atoms with Gasteiger partial charge in [-0.2, -0.15) is 0 Å². The Bertz CT molecular complexity index is 484. The highest BCUT2D eigenvalue weighted by Gasteiger charge is 2.10. The van der Waals surface area contributed by atoms with Crippen molar-refractivity contribution in [2.45, 2.75) is 18.9 Å². The number of hydrogen-bond donors (Lipinski definition) is 1. The molecule has 90 valence electrons. The molecule has 1 heterocycles. The van der Waals surface area contributed by atoms with E-state index in [1.165, 1.54) is 4.88 Å². The molecule has 2 rings (SSSR count). The second kappa shape index (κ2) is 6.01. The topological polar surface area (TPSA) is 26.0 Å². The molecule has 2 N–H and O–H groups in total. The highest BCUT2D eigenvalue weighted by atomic mass is 79.9. The van der Waals surface area contributed by atoms with E-state index in [4.69, 9.17) is 17.3 Å². The fraction of sp³-hybridized carbons (Fsp3) is 0.231. The minimum atomic E-state index is 0.0187. The fourth-order valence-electron chi connectivity index (χ4n) is 1.71. The van der Waals surface area contributed by atoms with Crippen molar-refractivity contribution in [1.82, 2.24) is 0 Å². The lowest BCUT2D eigenvalue weighted by Gasteiger charge is -2.13. The molecule has 0 bridgehead atoms. The van der Waals surface area contributed by atoms with Crippen molar-refractivity contribution in [1.29, 1.82) is 0 Å². The van der Waals surface area contributed by atoms with Gasteiger partial charge in [-0.15, -0.1) is 11.3 Å². The number of hydrogen-bond acceptors (Lipinski definition) is 2. The van der Waals surface area contributed by atoms with Crippen LogP contribution in [0, 0.1) is 0 Å². The van der Waals surface area contributed by atoms with Crippen molar-refractivity contribution in [3.63, 3.8) is 0 Å². The van der Waals surface area contributed by atoms with Crippen LogP contribution in [-0.2, 0) is 6.42 Å². The molecule has 4 heteroatoms. The third-order valence-corrected chi connectivity index (χ3v) is 4.53. The van der Waals surface area contributed by atoms with Gasteiger partial charge >= 0.3 is 0 Å². The number of benzene rings is 1. The second-order valence-corrected chi connectivity index (χ2v) is 6.21. The van der Waals surface area contributed by atoms with E-state index in [1.54, 1.807) is 11.3 Å². The van der Waals surface area contributed by atoms with Crippen LogP contribution in [0.4, 0.5) is 0 Å². The van der Waals surface area contributed by atoms with Gasteiger partial charge in [0.05, 0.1) is 0 Å². The largest absolute Gasteiger partial charge is 0.324 e. The van der Waals surface area contributed by atoms with Gasteiger partial charge in [-0.3, -0.25) is 0 Å². The first kappa shape index (κ1) is 13.1. The number of thiophene rings is 1. The van der Waals surface area contributed by atoms with Gasteiger partial charge in [0.2, 0.25) is 0 Å². The van der Waals surface area contributed by atoms with E-state index in [-0.39, 0.29) is 6.04 Å². The minimum absolute atomic E-state index is 0.0187. The lowest BCUT2D eigenvalue weighted by molar-refractivity contribution is 0.653. The molecule has 0 spiro atoms. The molecule has 0 amide bonds. The lowest BCUT2D eigenvalue weighted by Crippen LogP contribution is -2.11. The Morgan fingerprint density at radius 1 is 1.35 bits per heavy atom. The predicted molar refractivity (Wildman–Crippen MR) is 78.7 cm³/mol. The van der Waals surface area contributed by atoms with Crippen LogP contribution in [0.5, 0.6) is 0 Å². The Balaban J connectivity index is 2.04. The van der Waals surface area contributed by atoms with Gasteiger partial charge in [-0.1, -0.05) is 33.6 Å². The molecule has 1 aromatic heterocycles. The van der Waals surface area contributed by atoms with Crippen molar-refractivity contribution in [2.24, 2.45) is 5.73 Å². The highest BCUT2D eigenvalue weighted by Crippen LogP contribution is 2.28. The van der Waals surface area contributed by atoms with Crippen molar-refractivity contribution in [3.05, 3.63) is 55.6 Å². The Hall–Kier alpha value is -0.350. The van der Waals surface area contributed by atoms with Gasteiger partial charge in [0, 0.05) is 20.4 Å². The summed E-state index contributed by atoms with van der Waals surface area (Å²) >= 11 is 11.3. The molecule has 0 aliphatic heterocycles. The van der Waals surface area contributed by atoms with E-state index >= 15 is 0 Å². The fourth-order valence-corrected chi connectivity index (χ4v) is 3.15. The van der Waals surface area contributed by atoms with E-state index in [2.05, 4.69) is 33.4 Å². The SMILES string of the molecule is NC(CCc1cccs1)c1cc(Cl)ccc1Br. The summed E-state index contributed by atoms with van der Waals surface area (Å²) in [4.78, 5) is 1.37. The van der Waals surface area contributed by atoms with E-state index in [0.29, 0.717) is 0 Å². The lowest BCUT2D eigenvalue weighted by atomic mass is 10.0. The predicted octanol–water partition coefficient (Wildman–Crippen LogP) is 4.80. The van der Waals surface area contributed by atoms with Gasteiger partial charge in [0.1, 0.15) is 0 Å². The standard InChI is InChI=1S/C13H13BrClNS/c14-12-5-3-9(15)8-11(12)13(16)6-4-10-2-1-7-17-10/h1-3,5,7-8,13H,4,6,16H2. The van der Waals surface area contributed by atoms with Gasteiger partial charge in [0.15, 0.2) is 0 Å². The van der Waals surface area contributed by atoms with Crippen LogP contribution in [0.25, 0.3) is 0 Å². The first-order valence-electron chi connectivity index (χ1n) is 5.39. The Kier molecular flexibility index (Phi) is 4.62. The first-order chi connectivity index (χ1) is 8.16. The third kappa shape index (κ3) is 3.55. The summed E-state index contributed by atoms with van der Waals surface area (Å²) in [6, 6.07) is 9.98. The van der Waals surface area contributed by atoms with Crippen LogP contribution in [0.15, 0.2) is 40.2 Å². The molecule has 0 aliphatic rings. The number of nitrogens with two attached hydrogens (primary N) is 1. The maximum atomic E-state index is 6.20. The molecule has 2 aromatic rings. The van der Waals surface area contributed by atoms with Crippen molar-refractivity contribution >= 4 is 38.9 Å². The van der Waals surface area contributed by atoms with Gasteiger partial charge < -0.3 is 5.73 Å². The zero-order valence-electron chi connectivity index (χ0n) is 9.20. The molecule has 0 radical (unpaired) electrons. The average molecular weight is 331 g/mol. The van der Waals surface area contributed by atoms with Crippen molar-refractivity contribution in [2.75, 3.05) is 0 Å². The normalized spacial score (nSPS) is 12.6. The van der Waals surface area contributed by atoms with E-state index in [1.807, 2.05) is 18.2 Å². The maximum absolute atomic E-state index is 6.20. The van der Waals surface area contributed by atoms with Crippen LogP contribution in [0.1, 0.15) is 22.9 Å². The zero-order valence-corrected chi connectivity index (χ0v) is 12.4. The van der Waals surface area contributed by atoms with Crippen LogP contribution < -0.4 is 5.73 Å². The Morgan fingerprint density at radius 2 is 2.18 bits per heavy atom. The summed E-state index contributed by atoms with van der Waals surface area (Å²) in [5.41, 5.74) is 7.28. The Morgan fingerprint density at radius 3 is 2.88 bits per heavy atom. The summed E-state index contributed by atoms with van der Waals surface area (Å²) in [6.45, 7) is 0. The molecular formula is C13H13BrClNS. The van der Waals surface area contributed by atoms with E-state index in [9.17, 15) is 0 Å². The summed E-state index contributed by atoms with van der Waals surface area (Å²) in [7, 11) is 0. The molecule has 0 saturated heterocycles. The number of rotatable bonds is 4. The van der Waals surface area contributed by atoms with Crippen molar-refractivity contribution in [3.8, 4) is 0 Å². The van der Waals surface area contributed by atoms with Gasteiger partial charge in [-0.05, 0) is 48.1 Å². The minimum Gasteiger partial charge on any atom is -0.324 e. The van der Waals surface area contributed by atoms with Gasteiger partial charge in [0.25, 0.3) is 0 Å². The molecule has 1 nitrogen and oxygen atoms in total. The molecule has 0 aliphatic carbocycles. The smallest absolute Gasteiger partial charge is 0.0410 e. The average Bonchev–Trinajstić information content (AvgIpc) is 2.82. The van der Waals surface area contributed by atoms with Crippen LogP contribution in [0.3, 0.4) is 0 Å². The highest BCUT2D eigenvalue weighted by molar-refractivity contribution is 9.10. The van der Waals surface area contributed by atoms with Crippen LogP contribution >= 0.6 is 38.9 Å². The van der Waals surface area contributed by atoms with Crippen LogP contribution in [0.2, 0.25) is 5.02 Å². The molecule has 0 fully saturated rings. The zero-order chi connectivity index (χ0) is 12.3. The summed E-state index contributed by atoms with van der Waals surface area (Å²) in [5, 5.41) is 2.82. The Labute approximate surface area is 119 Å². The molecule has 1 atom stereocenters. The van der Waals surface area contributed by atoms with E-state index < -0.39 is 0 Å². The molecule has 17 heavy (non-hydrogen) atoms.